The van der Waals surface area contributed by atoms with Crippen LogP contribution >= 0.6 is 0 Å². The predicted octanol–water partition coefficient (Wildman–Crippen LogP) is 2.94. The first kappa shape index (κ1) is 15.4. The minimum absolute atomic E-state index is 0.00677. The van der Waals surface area contributed by atoms with Crippen molar-refractivity contribution < 1.29 is 13.3 Å². The highest BCUT2D eigenvalue weighted by Gasteiger charge is 2.42. The van der Waals surface area contributed by atoms with Crippen molar-refractivity contribution in [3.63, 3.8) is 0 Å². The lowest BCUT2D eigenvalue weighted by molar-refractivity contribution is -0.387. The van der Waals surface area contributed by atoms with Crippen molar-refractivity contribution in [2.45, 2.75) is 49.5 Å². The van der Waals surface area contributed by atoms with E-state index in [2.05, 4.69) is 0 Å². The smallest absolute Gasteiger partial charge is 0.258 e. The second-order valence-corrected chi connectivity index (χ2v) is 7.95. The van der Waals surface area contributed by atoms with Crippen LogP contribution in [0.3, 0.4) is 0 Å². The van der Waals surface area contributed by atoms with Gasteiger partial charge in [0.2, 0.25) is 10.0 Å². The molecular formula is C15H20N2O4S. The maximum absolute atomic E-state index is 12.9. The van der Waals surface area contributed by atoms with Gasteiger partial charge in [0.05, 0.1) is 4.92 Å². The topological polar surface area (TPSA) is 80.5 Å². The number of nitro groups is 1. The average molecular weight is 324 g/mol. The largest absolute Gasteiger partial charge is 0.289 e. The molecule has 0 aromatic heterocycles. The number of benzene rings is 1. The number of hydrogen-bond acceptors (Lipinski definition) is 4. The molecule has 120 valence electrons. The Hall–Kier alpha value is -1.47. The van der Waals surface area contributed by atoms with Gasteiger partial charge in [-0.15, -0.1) is 0 Å². The fourth-order valence-corrected chi connectivity index (χ4v) is 5.74. The van der Waals surface area contributed by atoms with Gasteiger partial charge < -0.3 is 0 Å². The maximum atomic E-state index is 12.9. The summed E-state index contributed by atoms with van der Waals surface area (Å²) in [6.45, 7) is 0.468. The van der Waals surface area contributed by atoms with E-state index in [0.717, 1.165) is 38.5 Å². The van der Waals surface area contributed by atoms with Gasteiger partial charge in [-0.25, -0.2) is 8.42 Å². The Labute approximate surface area is 130 Å². The van der Waals surface area contributed by atoms with E-state index in [-0.39, 0.29) is 16.6 Å². The molecule has 2 aliphatic rings. The van der Waals surface area contributed by atoms with E-state index < -0.39 is 14.9 Å². The van der Waals surface area contributed by atoms with Crippen LogP contribution in [-0.4, -0.2) is 30.2 Å². The van der Waals surface area contributed by atoms with Crippen molar-refractivity contribution in [1.29, 1.82) is 0 Å². The second kappa shape index (κ2) is 5.96. The fourth-order valence-electron chi connectivity index (χ4n) is 3.83. The number of nitro benzene ring substituents is 1. The fraction of sp³-hybridized carbons (Fsp3) is 0.600. The van der Waals surface area contributed by atoms with Gasteiger partial charge in [-0.2, -0.15) is 4.31 Å². The van der Waals surface area contributed by atoms with E-state index in [1.54, 1.807) is 6.07 Å². The van der Waals surface area contributed by atoms with E-state index in [0.29, 0.717) is 12.5 Å². The minimum atomic E-state index is -3.81. The normalized spacial score (nSPS) is 23.9. The number of rotatable bonds is 4. The van der Waals surface area contributed by atoms with Crippen molar-refractivity contribution in [3.05, 3.63) is 34.4 Å². The first-order valence-corrected chi connectivity index (χ1v) is 9.21. The van der Waals surface area contributed by atoms with Gasteiger partial charge in [-0.1, -0.05) is 25.0 Å². The monoisotopic (exact) mass is 324 g/mol. The van der Waals surface area contributed by atoms with Crippen molar-refractivity contribution >= 4 is 15.7 Å². The standard InChI is InChI=1S/C15H20N2O4S/c18-17(19)14-8-3-4-10-15(14)22(20,21)16-11-5-9-13(16)12-6-1-2-7-12/h3-4,8,10,12-13H,1-2,5-7,9,11H2. The zero-order valence-electron chi connectivity index (χ0n) is 12.3. The van der Waals surface area contributed by atoms with Gasteiger partial charge in [0.25, 0.3) is 5.69 Å². The van der Waals surface area contributed by atoms with Crippen LogP contribution in [0.5, 0.6) is 0 Å². The first-order chi connectivity index (χ1) is 10.5. The van der Waals surface area contributed by atoms with Crippen LogP contribution in [0.1, 0.15) is 38.5 Å². The Bertz CT molecular complexity index is 668. The molecule has 22 heavy (non-hydrogen) atoms. The summed E-state index contributed by atoms with van der Waals surface area (Å²) < 4.78 is 27.4. The van der Waals surface area contributed by atoms with Gasteiger partial charge in [0, 0.05) is 18.7 Å². The highest BCUT2D eigenvalue weighted by atomic mass is 32.2. The van der Waals surface area contributed by atoms with E-state index in [4.69, 9.17) is 0 Å². The lowest BCUT2D eigenvalue weighted by Gasteiger charge is -2.28. The molecule has 6 nitrogen and oxygen atoms in total. The molecule has 7 heteroatoms. The van der Waals surface area contributed by atoms with Crippen molar-refractivity contribution in [2.24, 2.45) is 5.92 Å². The molecule has 3 rings (SSSR count). The minimum Gasteiger partial charge on any atom is -0.258 e. The Morgan fingerprint density at radius 1 is 1.09 bits per heavy atom. The van der Waals surface area contributed by atoms with Gasteiger partial charge >= 0.3 is 0 Å². The third-order valence-electron chi connectivity index (χ3n) is 4.84. The molecule has 1 aliphatic heterocycles. The lowest BCUT2D eigenvalue weighted by atomic mass is 9.97. The summed E-state index contributed by atoms with van der Waals surface area (Å²) in [5.74, 6) is 0.403. The van der Waals surface area contributed by atoms with E-state index in [1.807, 2.05) is 0 Å². The van der Waals surface area contributed by atoms with Crippen LogP contribution < -0.4 is 0 Å². The number of hydrogen-bond donors (Lipinski definition) is 0. The summed E-state index contributed by atoms with van der Waals surface area (Å²) in [6, 6.07) is 5.65. The molecular weight excluding hydrogens is 304 g/mol. The van der Waals surface area contributed by atoms with Crippen LogP contribution in [0.15, 0.2) is 29.2 Å². The molecule has 1 atom stereocenters. The van der Waals surface area contributed by atoms with Gasteiger partial charge in [-0.05, 0) is 37.7 Å². The zero-order chi connectivity index (χ0) is 15.7. The Kier molecular flexibility index (Phi) is 4.18. The molecule has 0 radical (unpaired) electrons. The van der Waals surface area contributed by atoms with Crippen LogP contribution in [0.2, 0.25) is 0 Å². The summed E-state index contributed by atoms with van der Waals surface area (Å²) >= 11 is 0. The van der Waals surface area contributed by atoms with Crippen LogP contribution in [0.4, 0.5) is 5.69 Å². The lowest BCUT2D eigenvalue weighted by Crippen LogP contribution is -2.39. The molecule has 1 saturated heterocycles. The summed E-state index contributed by atoms with van der Waals surface area (Å²) in [4.78, 5) is 10.4. The highest BCUT2D eigenvalue weighted by Crippen LogP contribution is 2.39. The van der Waals surface area contributed by atoms with Crippen LogP contribution in [-0.2, 0) is 10.0 Å². The quantitative estimate of drug-likeness (QED) is 0.630. The first-order valence-electron chi connectivity index (χ1n) is 7.77. The molecule has 1 aliphatic carbocycles. The molecule has 1 saturated carbocycles. The van der Waals surface area contributed by atoms with Gasteiger partial charge in [0.1, 0.15) is 0 Å². The average Bonchev–Trinajstić information content (AvgIpc) is 3.18. The van der Waals surface area contributed by atoms with E-state index in [9.17, 15) is 18.5 Å². The Morgan fingerprint density at radius 3 is 2.45 bits per heavy atom. The van der Waals surface area contributed by atoms with Gasteiger partial charge in [-0.3, -0.25) is 10.1 Å². The molecule has 1 heterocycles. The molecule has 0 N–H and O–H groups in total. The van der Waals surface area contributed by atoms with Crippen molar-refractivity contribution in [3.8, 4) is 0 Å². The second-order valence-electron chi connectivity index (χ2n) is 6.09. The SMILES string of the molecule is O=[N+]([O-])c1ccccc1S(=O)(=O)N1CCCC1C1CCCC1. The van der Waals surface area contributed by atoms with E-state index in [1.165, 1.54) is 22.5 Å². The molecule has 1 aromatic rings. The highest BCUT2D eigenvalue weighted by molar-refractivity contribution is 7.89. The number of sulfonamides is 1. The van der Waals surface area contributed by atoms with Gasteiger partial charge in [0.15, 0.2) is 4.90 Å². The Morgan fingerprint density at radius 2 is 1.77 bits per heavy atom. The molecule has 1 aromatic carbocycles. The predicted molar refractivity (Wildman–Crippen MR) is 82.0 cm³/mol. The molecule has 0 bridgehead atoms. The number of para-hydroxylation sites is 1. The van der Waals surface area contributed by atoms with Crippen LogP contribution in [0.25, 0.3) is 0 Å². The molecule has 0 spiro atoms. The third kappa shape index (κ3) is 2.63. The van der Waals surface area contributed by atoms with Crippen molar-refractivity contribution in [2.75, 3.05) is 6.54 Å². The van der Waals surface area contributed by atoms with Crippen LogP contribution in [0, 0.1) is 16.0 Å². The molecule has 0 amide bonds. The summed E-state index contributed by atoms with van der Waals surface area (Å²) in [5, 5.41) is 11.1. The number of nitrogens with zero attached hydrogens (tertiary/aromatic N) is 2. The van der Waals surface area contributed by atoms with E-state index >= 15 is 0 Å². The summed E-state index contributed by atoms with van der Waals surface area (Å²) in [7, 11) is -3.81. The molecule has 1 unspecified atom stereocenters. The molecule has 2 fully saturated rings. The maximum Gasteiger partial charge on any atom is 0.289 e. The summed E-state index contributed by atoms with van der Waals surface area (Å²) in [5.41, 5.74) is -0.334. The summed E-state index contributed by atoms with van der Waals surface area (Å²) in [6.07, 6.45) is 6.13. The van der Waals surface area contributed by atoms with Crippen molar-refractivity contribution in [1.82, 2.24) is 4.31 Å². The Balaban J connectivity index is 1.97. The third-order valence-corrected chi connectivity index (χ3v) is 6.81. The zero-order valence-corrected chi connectivity index (χ0v) is 13.2.